The summed E-state index contributed by atoms with van der Waals surface area (Å²) < 4.78 is 5.04. The quantitative estimate of drug-likeness (QED) is 0.387. The van der Waals surface area contributed by atoms with Gasteiger partial charge in [-0.15, -0.1) is 0 Å². The summed E-state index contributed by atoms with van der Waals surface area (Å²) in [6.45, 7) is 4.86. The van der Waals surface area contributed by atoms with Gasteiger partial charge in [-0.3, -0.25) is 0 Å². The molecule has 0 fully saturated rings. The van der Waals surface area contributed by atoms with Crippen molar-refractivity contribution in [2.45, 2.75) is 39.5 Å². The topological polar surface area (TPSA) is 52.3 Å². The van der Waals surface area contributed by atoms with Gasteiger partial charge in [0.05, 0.1) is 6.61 Å². The summed E-state index contributed by atoms with van der Waals surface area (Å²) in [6, 6.07) is 0. The van der Waals surface area contributed by atoms with E-state index >= 15 is 0 Å². The average molecular weight is 199 g/mol. The zero-order valence-electron chi connectivity index (χ0n) is 9.21. The van der Waals surface area contributed by atoms with Crippen LogP contribution in [0.1, 0.15) is 39.5 Å². The fraction of sp³-hybridized carbons (Fsp3) is 0.727. The second-order valence-electron chi connectivity index (χ2n) is 3.31. The monoisotopic (exact) mass is 199 g/mol. The summed E-state index contributed by atoms with van der Waals surface area (Å²) in [6.07, 6.45) is 5.96. The van der Waals surface area contributed by atoms with E-state index in [9.17, 15) is 4.79 Å². The van der Waals surface area contributed by atoms with Crippen molar-refractivity contribution >= 4 is 5.97 Å². The van der Waals surface area contributed by atoms with Crippen molar-refractivity contribution in [2.24, 2.45) is 5.73 Å². The highest BCUT2D eigenvalue weighted by Crippen LogP contribution is 2.01. The van der Waals surface area contributed by atoms with Crippen LogP contribution in [0.2, 0.25) is 0 Å². The van der Waals surface area contributed by atoms with Crippen LogP contribution >= 0.6 is 0 Å². The molecular formula is C11H21NO2. The first kappa shape index (κ1) is 13.2. The zero-order valence-corrected chi connectivity index (χ0v) is 9.21. The Morgan fingerprint density at radius 3 is 2.50 bits per heavy atom. The van der Waals surface area contributed by atoms with Crippen molar-refractivity contribution in [1.82, 2.24) is 0 Å². The molecule has 0 rings (SSSR count). The van der Waals surface area contributed by atoms with Crippen molar-refractivity contribution in [1.29, 1.82) is 0 Å². The lowest BCUT2D eigenvalue weighted by atomic mass is 10.2. The van der Waals surface area contributed by atoms with Gasteiger partial charge < -0.3 is 10.5 Å². The third-order valence-corrected chi connectivity index (χ3v) is 2.09. The third kappa shape index (κ3) is 6.66. The molecule has 3 heteroatoms. The summed E-state index contributed by atoms with van der Waals surface area (Å²) in [7, 11) is 0. The highest BCUT2D eigenvalue weighted by molar-refractivity contribution is 5.87. The van der Waals surface area contributed by atoms with Gasteiger partial charge in [0.25, 0.3) is 0 Å². The molecule has 0 saturated carbocycles. The summed E-state index contributed by atoms with van der Waals surface area (Å²) >= 11 is 0. The van der Waals surface area contributed by atoms with E-state index in [0.717, 1.165) is 32.2 Å². The molecule has 82 valence electrons. The summed E-state index contributed by atoms with van der Waals surface area (Å²) in [5.74, 6) is -0.202. The standard InChI is InChI=1S/C11H21NO2/c1-3-10(2)11(13)14-9-7-5-4-6-8-12/h3H,4-9,12H2,1-2H3. The number of unbranched alkanes of at least 4 members (excludes halogenated alkanes) is 3. The highest BCUT2D eigenvalue weighted by atomic mass is 16.5. The van der Waals surface area contributed by atoms with E-state index < -0.39 is 0 Å². The SMILES string of the molecule is CC=C(C)C(=O)OCCCCCCN. The van der Waals surface area contributed by atoms with Crippen molar-refractivity contribution in [3.63, 3.8) is 0 Å². The van der Waals surface area contributed by atoms with E-state index in [0.29, 0.717) is 12.2 Å². The van der Waals surface area contributed by atoms with Gasteiger partial charge in [0.2, 0.25) is 0 Å². The molecule has 0 radical (unpaired) electrons. The number of allylic oxidation sites excluding steroid dienone is 1. The van der Waals surface area contributed by atoms with E-state index in [1.165, 1.54) is 0 Å². The normalized spacial score (nSPS) is 11.5. The Hall–Kier alpha value is -0.830. The molecule has 0 bridgehead atoms. The minimum Gasteiger partial charge on any atom is -0.462 e. The molecule has 3 nitrogen and oxygen atoms in total. The summed E-state index contributed by atoms with van der Waals surface area (Å²) in [5.41, 5.74) is 6.03. The van der Waals surface area contributed by atoms with Crippen molar-refractivity contribution in [2.75, 3.05) is 13.2 Å². The van der Waals surface area contributed by atoms with Crippen LogP contribution in [0.3, 0.4) is 0 Å². The maximum absolute atomic E-state index is 11.2. The van der Waals surface area contributed by atoms with Crippen LogP contribution in [0.5, 0.6) is 0 Å². The third-order valence-electron chi connectivity index (χ3n) is 2.09. The van der Waals surface area contributed by atoms with E-state index in [1.807, 2.05) is 6.92 Å². The lowest BCUT2D eigenvalue weighted by Gasteiger charge is -2.04. The molecule has 0 aliphatic heterocycles. The van der Waals surface area contributed by atoms with Gasteiger partial charge >= 0.3 is 5.97 Å². The maximum atomic E-state index is 11.2. The molecule has 0 aromatic carbocycles. The molecule has 0 spiro atoms. The summed E-state index contributed by atoms with van der Waals surface area (Å²) in [4.78, 5) is 11.2. The van der Waals surface area contributed by atoms with Crippen LogP contribution in [0, 0.1) is 0 Å². The van der Waals surface area contributed by atoms with Gasteiger partial charge in [-0.25, -0.2) is 4.79 Å². The number of hydrogen-bond acceptors (Lipinski definition) is 3. The fourth-order valence-electron chi connectivity index (χ4n) is 0.997. The van der Waals surface area contributed by atoms with Gasteiger partial charge in [-0.2, -0.15) is 0 Å². The van der Waals surface area contributed by atoms with Crippen LogP contribution in [-0.4, -0.2) is 19.1 Å². The maximum Gasteiger partial charge on any atom is 0.333 e. The first-order valence-electron chi connectivity index (χ1n) is 5.22. The molecule has 0 aliphatic rings. The number of rotatable bonds is 7. The van der Waals surface area contributed by atoms with Crippen LogP contribution in [0.15, 0.2) is 11.6 Å². The first-order valence-corrected chi connectivity index (χ1v) is 5.22. The smallest absolute Gasteiger partial charge is 0.333 e. The van der Waals surface area contributed by atoms with Gasteiger partial charge in [0.15, 0.2) is 0 Å². The molecule has 0 atom stereocenters. The Kier molecular flexibility index (Phi) is 8.24. The molecule has 0 aromatic rings. The number of carbonyl (C=O) groups excluding carboxylic acids is 1. The lowest BCUT2D eigenvalue weighted by Crippen LogP contribution is -2.07. The fourth-order valence-corrected chi connectivity index (χ4v) is 0.997. The average Bonchev–Trinajstić information content (AvgIpc) is 2.21. The minimum atomic E-state index is -0.202. The molecule has 0 heterocycles. The number of hydrogen-bond donors (Lipinski definition) is 1. The predicted molar refractivity (Wildman–Crippen MR) is 57.9 cm³/mol. The summed E-state index contributed by atoms with van der Waals surface area (Å²) in [5, 5.41) is 0. The second-order valence-corrected chi connectivity index (χ2v) is 3.31. The predicted octanol–water partition coefficient (Wildman–Crippen LogP) is 2.01. The zero-order chi connectivity index (χ0) is 10.8. The van der Waals surface area contributed by atoms with Crippen LogP contribution in [0.4, 0.5) is 0 Å². The number of ether oxygens (including phenoxy) is 1. The molecule has 0 saturated heterocycles. The van der Waals surface area contributed by atoms with E-state index in [-0.39, 0.29) is 5.97 Å². The Labute approximate surface area is 86.3 Å². The number of nitrogens with two attached hydrogens (primary N) is 1. The molecule has 0 aromatic heterocycles. The number of carbonyl (C=O) groups is 1. The van der Waals surface area contributed by atoms with Crippen molar-refractivity contribution in [3.05, 3.63) is 11.6 Å². The minimum absolute atomic E-state index is 0.202. The van der Waals surface area contributed by atoms with Crippen molar-refractivity contribution < 1.29 is 9.53 Å². The lowest BCUT2D eigenvalue weighted by molar-refractivity contribution is -0.139. The largest absolute Gasteiger partial charge is 0.462 e. The molecule has 0 amide bonds. The Morgan fingerprint density at radius 2 is 1.93 bits per heavy atom. The van der Waals surface area contributed by atoms with Gasteiger partial charge in [-0.1, -0.05) is 18.9 Å². The van der Waals surface area contributed by atoms with E-state index in [1.54, 1.807) is 13.0 Å². The Balaban J connectivity index is 3.32. The Morgan fingerprint density at radius 1 is 1.29 bits per heavy atom. The second kappa shape index (κ2) is 8.75. The highest BCUT2D eigenvalue weighted by Gasteiger charge is 2.02. The number of esters is 1. The van der Waals surface area contributed by atoms with Gasteiger partial charge in [0, 0.05) is 5.57 Å². The van der Waals surface area contributed by atoms with Crippen LogP contribution < -0.4 is 5.73 Å². The first-order chi connectivity index (χ1) is 6.72. The molecule has 14 heavy (non-hydrogen) atoms. The van der Waals surface area contributed by atoms with E-state index in [4.69, 9.17) is 10.5 Å². The molecule has 0 aliphatic carbocycles. The molecule has 2 N–H and O–H groups in total. The van der Waals surface area contributed by atoms with Crippen LogP contribution in [-0.2, 0) is 9.53 Å². The molecular weight excluding hydrogens is 178 g/mol. The van der Waals surface area contributed by atoms with Gasteiger partial charge in [0.1, 0.15) is 0 Å². The van der Waals surface area contributed by atoms with Crippen molar-refractivity contribution in [3.8, 4) is 0 Å². The van der Waals surface area contributed by atoms with Gasteiger partial charge in [-0.05, 0) is 33.2 Å². The van der Waals surface area contributed by atoms with E-state index in [2.05, 4.69) is 0 Å². The Bertz CT molecular complexity index is 188. The van der Waals surface area contributed by atoms with Crippen LogP contribution in [0.25, 0.3) is 0 Å². The molecule has 0 unspecified atom stereocenters.